The Kier molecular flexibility index (Phi) is 35.7. The van der Waals surface area contributed by atoms with E-state index in [2.05, 4.69) is 18.4 Å². The van der Waals surface area contributed by atoms with Crippen molar-refractivity contribution >= 4 is 19.8 Å². The van der Waals surface area contributed by atoms with E-state index in [1.54, 1.807) is 12.2 Å². The number of carbonyl (C=O) groups is 2. The predicted octanol–water partition coefficient (Wildman–Crippen LogP) is 10.2. The molecule has 0 aromatic heterocycles. The van der Waals surface area contributed by atoms with Crippen LogP contribution in [0.3, 0.4) is 0 Å². The summed E-state index contributed by atoms with van der Waals surface area (Å²) in [6.07, 6.45) is 34.9. The molecular weight excluding hydrogens is 671 g/mol. The van der Waals surface area contributed by atoms with Crippen molar-refractivity contribution in [1.29, 1.82) is 0 Å². The maximum Gasteiger partial charge on any atom is 0.472 e. The third-order valence-electron chi connectivity index (χ3n) is 8.72. The Bertz CT molecular complexity index is 910. The van der Waals surface area contributed by atoms with Crippen LogP contribution in [0.15, 0.2) is 24.3 Å². The van der Waals surface area contributed by atoms with E-state index in [0.717, 1.165) is 32.1 Å². The van der Waals surface area contributed by atoms with Crippen molar-refractivity contribution in [2.24, 2.45) is 0 Å². The zero-order chi connectivity index (χ0) is 37.7. The highest BCUT2D eigenvalue weighted by Crippen LogP contribution is 2.43. The van der Waals surface area contributed by atoms with Crippen LogP contribution in [0.25, 0.3) is 0 Å². The number of phosphoric ester groups is 1. The maximum absolute atomic E-state index is 12.5. The fourth-order valence-electron chi connectivity index (χ4n) is 5.55. The predicted molar refractivity (Wildman–Crippen MR) is 205 cm³/mol. The molecule has 0 bridgehead atoms. The number of rotatable bonds is 38. The van der Waals surface area contributed by atoms with E-state index in [1.807, 2.05) is 6.08 Å². The van der Waals surface area contributed by atoms with Gasteiger partial charge in [0, 0.05) is 12.5 Å². The van der Waals surface area contributed by atoms with E-state index in [1.165, 1.54) is 128 Å². The van der Waals surface area contributed by atoms with Gasteiger partial charge in [-0.2, -0.15) is 0 Å². The Labute approximate surface area is 310 Å². The Balaban J connectivity index is 4.43. The molecule has 11 heteroatoms. The molecular formula is C40H75O10P. The maximum atomic E-state index is 12.5. The summed E-state index contributed by atoms with van der Waals surface area (Å²) in [4.78, 5) is 34.7. The topological polar surface area (TPSA) is 149 Å². The van der Waals surface area contributed by atoms with Crippen molar-refractivity contribution in [3.63, 3.8) is 0 Å². The number of aliphatic hydroxyl groups is 2. The summed E-state index contributed by atoms with van der Waals surface area (Å²) in [5, 5.41) is 18.3. The van der Waals surface area contributed by atoms with Crippen LogP contribution < -0.4 is 0 Å². The lowest BCUT2D eigenvalue weighted by molar-refractivity contribution is -0.157. The first-order valence-corrected chi connectivity index (χ1v) is 21.8. The third kappa shape index (κ3) is 36.6. The molecule has 0 aliphatic heterocycles. The molecule has 0 amide bonds. The van der Waals surface area contributed by atoms with Gasteiger partial charge in [-0.15, -0.1) is 0 Å². The van der Waals surface area contributed by atoms with E-state index in [-0.39, 0.29) is 13.0 Å². The number of allylic oxidation sites excluding steroid dienone is 3. The number of carbonyl (C=O) groups excluding carboxylic acids is 2. The number of hydrogen-bond acceptors (Lipinski definition) is 9. The molecule has 0 heterocycles. The van der Waals surface area contributed by atoms with Gasteiger partial charge < -0.3 is 24.6 Å². The van der Waals surface area contributed by atoms with E-state index >= 15 is 0 Å². The van der Waals surface area contributed by atoms with Gasteiger partial charge in [-0.25, -0.2) is 9.36 Å². The number of esters is 2. The minimum absolute atomic E-state index is 0.226. The third-order valence-corrected chi connectivity index (χ3v) is 9.67. The molecule has 0 aliphatic carbocycles. The van der Waals surface area contributed by atoms with Crippen LogP contribution >= 0.6 is 7.82 Å². The molecule has 3 N–H and O–H groups in total. The van der Waals surface area contributed by atoms with Crippen LogP contribution in [0.5, 0.6) is 0 Å². The molecule has 0 aromatic rings. The first-order chi connectivity index (χ1) is 24.7. The summed E-state index contributed by atoms with van der Waals surface area (Å²) in [6, 6.07) is 0. The molecule has 0 spiro atoms. The highest BCUT2D eigenvalue weighted by atomic mass is 31.2. The van der Waals surface area contributed by atoms with Crippen molar-refractivity contribution in [2.75, 3.05) is 26.4 Å². The minimum Gasteiger partial charge on any atom is -0.462 e. The molecule has 0 rings (SSSR count). The van der Waals surface area contributed by atoms with Crippen LogP contribution in [-0.2, 0) is 32.7 Å². The number of phosphoric acid groups is 1. The second kappa shape index (κ2) is 36.8. The number of hydrogen-bond donors (Lipinski definition) is 3. The first kappa shape index (κ1) is 49.5. The largest absolute Gasteiger partial charge is 0.472 e. The van der Waals surface area contributed by atoms with Crippen molar-refractivity contribution in [2.45, 2.75) is 193 Å². The lowest BCUT2D eigenvalue weighted by Gasteiger charge is -2.19. The molecule has 1 unspecified atom stereocenters. The van der Waals surface area contributed by atoms with Gasteiger partial charge in [-0.05, 0) is 19.3 Å². The molecule has 51 heavy (non-hydrogen) atoms. The smallest absolute Gasteiger partial charge is 0.462 e. The van der Waals surface area contributed by atoms with Gasteiger partial charge in [0.15, 0.2) is 6.10 Å². The number of ether oxygens (including phenoxy) is 2. The van der Waals surface area contributed by atoms with Gasteiger partial charge in [0.05, 0.1) is 19.8 Å². The average molecular weight is 747 g/mol. The lowest BCUT2D eigenvalue weighted by atomic mass is 10.0. The summed E-state index contributed by atoms with van der Waals surface area (Å²) in [7, 11) is -4.63. The Morgan fingerprint density at radius 2 is 1.08 bits per heavy atom. The summed E-state index contributed by atoms with van der Waals surface area (Å²) in [5.41, 5.74) is 0. The second-order valence-electron chi connectivity index (χ2n) is 13.7. The van der Waals surface area contributed by atoms with E-state index in [4.69, 9.17) is 19.1 Å². The van der Waals surface area contributed by atoms with Gasteiger partial charge in [0.1, 0.15) is 12.7 Å². The summed E-state index contributed by atoms with van der Waals surface area (Å²) < 4.78 is 32.4. The fourth-order valence-corrected chi connectivity index (χ4v) is 6.34. The molecule has 0 radical (unpaired) electrons. The molecule has 0 saturated carbocycles. The SMILES string of the molecule is CCCCCCCCCCCCC/C=C/C=C/C(=O)O[C@H](COC(=O)CCCCCCCCCCCCCCC)COP(=O)(O)OC[C@@H](O)CO. The second-order valence-corrected chi connectivity index (χ2v) is 15.2. The number of aliphatic hydroxyl groups excluding tert-OH is 2. The standard InChI is InChI=1S/C40H75O10P/c1-3-5-7-9-11-13-15-17-18-20-22-24-26-28-30-32-40(44)50-38(36-49-51(45,46)48-34-37(42)33-41)35-47-39(43)31-29-27-25-23-21-19-16-14-12-10-8-6-4-2/h26,28,30,32,37-38,41-42H,3-25,27,29,31,33-36H2,1-2H3,(H,45,46)/b28-26+,32-30+/t37-,38+/m0/s1. The highest BCUT2D eigenvalue weighted by Gasteiger charge is 2.26. The molecule has 0 saturated heterocycles. The van der Waals surface area contributed by atoms with Crippen LogP contribution in [0.2, 0.25) is 0 Å². The van der Waals surface area contributed by atoms with Gasteiger partial charge in [0.25, 0.3) is 0 Å². The molecule has 0 fully saturated rings. The van der Waals surface area contributed by atoms with Crippen LogP contribution in [-0.4, -0.2) is 65.7 Å². The fraction of sp³-hybridized carbons (Fsp3) is 0.850. The van der Waals surface area contributed by atoms with Crippen molar-refractivity contribution in [3.05, 3.63) is 24.3 Å². The summed E-state index contributed by atoms with van der Waals surface area (Å²) in [5.74, 6) is -1.17. The first-order valence-electron chi connectivity index (χ1n) is 20.3. The molecule has 10 nitrogen and oxygen atoms in total. The van der Waals surface area contributed by atoms with Crippen molar-refractivity contribution in [1.82, 2.24) is 0 Å². The Morgan fingerprint density at radius 1 is 0.627 bits per heavy atom. The molecule has 300 valence electrons. The van der Waals surface area contributed by atoms with Crippen molar-refractivity contribution in [3.8, 4) is 0 Å². The molecule has 0 aromatic carbocycles. The van der Waals surface area contributed by atoms with E-state index < -0.39 is 51.8 Å². The van der Waals surface area contributed by atoms with E-state index in [9.17, 15) is 24.2 Å². The van der Waals surface area contributed by atoms with Crippen LogP contribution in [0.1, 0.15) is 181 Å². The zero-order valence-corrected chi connectivity index (χ0v) is 33.2. The van der Waals surface area contributed by atoms with Gasteiger partial charge in [0.2, 0.25) is 0 Å². The summed E-state index contributed by atoms with van der Waals surface area (Å²) >= 11 is 0. The van der Waals surface area contributed by atoms with Crippen LogP contribution in [0, 0.1) is 0 Å². The quantitative estimate of drug-likeness (QED) is 0.0183. The summed E-state index contributed by atoms with van der Waals surface area (Å²) in [6.45, 7) is 2.26. The Morgan fingerprint density at radius 3 is 1.57 bits per heavy atom. The van der Waals surface area contributed by atoms with Gasteiger partial charge in [-0.3, -0.25) is 13.8 Å². The average Bonchev–Trinajstić information content (AvgIpc) is 3.12. The van der Waals surface area contributed by atoms with Crippen LogP contribution in [0.4, 0.5) is 0 Å². The van der Waals surface area contributed by atoms with E-state index in [0.29, 0.717) is 6.42 Å². The normalized spacial score (nSPS) is 14.2. The van der Waals surface area contributed by atoms with Crippen molar-refractivity contribution < 1.29 is 47.8 Å². The van der Waals surface area contributed by atoms with Gasteiger partial charge in [-0.1, -0.05) is 173 Å². The number of unbranched alkanes of at least 4 members (excludes halogenated alkanes) is 23. The lowest BCUT2D eigenvalue weighted by Crippen LogP contribution is -2.29. The Hall–Kier alpha value is -1.55. The minimum atomic E-state index is -4.63. The zero-order valence-electron chi connectivity index (χ0n) is 32.3. The molecule has 0 aliphatic rings. The molecule has 3 atom stereocenters. The monoisotopic (exact) mass is 747 g/mol. The highest BCUT2D eigenvalue weighted by molar-refractivity contribution is 7.47. The van der Waals surface area contributed by atoms with Gasteiger partial charge >= 0.3 is 19.8 Å².